The van der Waals surface area contributed by atoms with Crippen molar-refractivity contribution in [2.45, 2.75) is 26.7 Å². The number of carbonyl (C=O) groups excluding carboxylic acids is 2. The maximum Gasteiger partial charge on any atom is 0.321 e. The molecule has 0 aliphatic carbocycles. The van der Waals surface area contributed by atoms with Crippen molar-refractivity contribution in [3.05, 3.63) is 48.0 Å². The summed E-state index contributed by atoms with van der Waals surface area (Å²) in [4.78, 5) is 27.1. The van der Waals surface area contributed by atoms with Crippen LogP contribution in [0.25, 0.3) is 0 Å². The zero-order valence-electron chi connectivity index (χ0n) is 18.0. The Morgan fingerprint density at radius 1 is 0.935 bits per heavy atom. The van der Waals surface area contributed by atoms with Crippen LogP contribution in [0.2, 0.25) is 0 Å². The molecular weight excluding hydrogens is 394 g/mol. The highest BCUT2D eigenvalue weighted by Gasteiger charge is 2.30. The Morgan fingerprint density at radius 2 is 1.58 bits per heavy atom. The molecule has 2 heterocycles. The maximum atomic E-state index is 12.8. The molecule has 2 aromatic carbocycles. The van der Waals surface area contributed by atoms with Crippen molar-refractivity contribution >= 4 is 23.3 Å². The molecule has 0 aromatic heterocycles. The smallest absolute Gasteiger partial charge is 0.321 e. The number of amides is 3. The molecule has 0 spiro atoms. The average Bonchev–Trinajstić information content (AvgIpc) is 2.80. The summed E-state index contributed by atoms with van der Waals surface area (Å²) in [7, 11) is 0. The highest BCUT2D eigenvalue weighted by Crippen LogP contribution is 2.33. The van der Waals surface area contributed by atoms with E-state index in [1.54, 1.807) is 6.07 Å². The Labute approximate surface area is 182 Å². The third-order valence-electron chi connectivity index (χ3n) is 6.06. The van der Waals surface area contributed by atoms with Crippen LogP contribution in [0.1, 0.15) is 25.3 Å². The molecule has 0 radical (unpaired) electrons. The Bertz CT molecular complexity index is 936. The fraction of sp³-hybridized carbons (Fsp3) is 0.417. The molecule has 7 nitrogen and oxygen atoms in total. The van der Waals surface area contributed by atoms with Crippen LogP contribution in [0.3, 0.4) is 0 Å². The third kappa shape index (κ3) is 5.10. The van der Waals surface area contributed by atoms with Crippen molar-refractivity contribution in [1.82, 2.24) is 4.90 Å². The number of likely N-dealkylation sites (tertiary alicyclic amines) is 1. The second-order valence-corrected chi connectivity index (χ2v) is 8.26. The molecule has 31 heavy (non-hydrogen) atoms. The van der Waals surface area contributed by atoms with Crippen molar-refractivity contribution in [3.8, 4) is 11.5 Å². The standard InChI is InChI=1S/C24H29N3O4/c1-16-3-5-19(6-4-16)26-24(29)27-11-9-18(10-12-27)17(2)23(28)25-20-7-8-21-22(15-20)31-14-13-30-21/h3-8,15,17-18H,9-14H2,1-2H3,(H,25,28)(H,26,29). The normalized spacial score (nSPS) is 17.0. The van der Waals surface area contributed by atoms with E-state index in [2.05, 4.69) is 10.6 Å². The molecule has 0 saturated carbocycles. The number of fused-ring (bicyclic) bond motifs is 1. The molecule has 1 fully saturated rings. The van der Waals surface area contributed by atoms with Crippen LogP contribution in [0.5, 0.6) is 11.5 Å². The number of hydrogen-bond donors (Lipinski definition) is 2. The number of nitrogens with one attached hydrogen (secondary N) is 2. The lowest BCUT2D eigenvalue weighted by molar-refractivity contribution is -0.121. The Morgan fingerprint density at radius 3 is 2.29 bits per heavy atom. The maximum absolute atomic E-state index is 12.8. The Balaban J connectivity index is 1.27. The topological polar surface area (TPSA) is 79.9 Å². The highest BCUT2D eigenvalue weighted by molar-refractivity contribution is 5.93. The first-order valence-electron chi connectivity index (χ1n) is 10.8. The van der Waals surface area contributed by atoms with Gasteiger partial charge in [-0.25, -0.2) is 4.79 Å². The second kappa shape index (κ2) is 9.29. The summed E-state index contributed by atoms with van der Waals surface area (Å²) in [5, 5.41) is 5.94. The van der Waals surface area contributed by atoms with Gasteiger partial charge in [0.25, 0.3) is 0 Å². The summed E-state index contributed by atoms with van der Waals surface area (Å²) < 4.78 is 11.1. The van der Waals surface area contributed by atoms with E-state index < -0.39 is 0 Å². The molecule has 2 N–H and O–H groups in total. The van der Waals surface area contributed by atoms with Crippen LogP contribution < -0.4 is 20.1 Å². The van der Waals surface area contributed by atoms with Crippen LogP contribution in [0.4, 0.5) is 16.2 Å². The van der Waals surface area contributed by atoms with Gasteiger partial charge >= 0.3 is 6.03 Å². The second-order valence-electron chi connectivity index (χ2n) is 8.26. The van der Waals surface area contributed by atoms with E-state index in [1.807, 2.05) is 55.1 Å². The minimum absolute atomic E-state index is 0.0146. The highest BCUT2D eigenvalue weighted by atomic mass is 16.6. The summed E-state index contributed by atoms with van der Waals surface area (Å²) in [6.45, 7) is 6.31. The molecule has 1 saturated heterocycles. The molecule has 3 amide bonds. The first-order chi connectivity index (χ1) is 15.0. The van der Waals surface area contributed by atoms with Gasteiger partial charge in [-0.1, -0.05) is 24.6 Å². The van der Waals surface area contributed by atoms with Crippen molar-refractivity contribution in [3.63, 3.8) is 0 Å². The van der Waals surface area contributed by atoms with Crippen LogP contribution in [-0.4, -0.2) is 43.1 Å². The molecule has 1 unspecified atom stereocenters. The summed E-state index contributed by atoms with van der Waals surface area (Å²) in [6.07, 6.45) is 1.61. The number of aryl methyl sites for hydroxylation is 1. The van der Waals surface area contributed by atoms with E-state index in [1.165, 1.54) is 0 Å². The van der Waals surface area contributed by atoms with Gasteiger partial charge in [-0.05, 0) is 49.9 Å². The van der Waals surface area contributed by atoms with E-state index >= 15 is 0 Å². The largest absolute Gasteiger partial charge is 0.486 e. The predicted octanol–water partition coefficient (Wildman–Crippen LogP) is 4.28. The Hall–Kier alpha value is -3.22. The molecule has 2 aliphatic rings. The van der Waals surface area contributed by atoms with E-state index in [-0.39, 0.29) is 23.8 Å². The quantitative estimate of drug-likeness (QED) is 0.769. The van der Waals surface area contributed by atoms with E-state index in [0.717, 1.165) is 24.1 Å². The molecule has 7 heteroatoms. The van der Waals surface area contributed by atoms with Gasteiger partial charge in [0.1, 0.15) is 13.2 Å². The SMILES string of the molecule is Cc1ccc(NC(=O)N2CCC(C(C)C(=O)Nc3ccc4c(c3)OCCO4)CC2)cc1. The first-order valence-corrected chi connectivity index (χ1v) is 10.8. The van der Waals surface area contributed by atoms with Crippen LogP contribution in [0.15, 0.2) is 42.5 Å². The van der Waals surface area contributed by atoms with Crippen molar-refractivity contribution in [1.29, 1.82) is 0 Å². The summed E-state index contributed by atoms with van der Waals surface area (Å²) in [5.41, 5.74) is 2.66. The number of urea groups is 1. The fourth-order valence-corrected chi connectivity index (χ4v) is 4.03. The first kappa shape index (κ1) is 21.0. The van der Waals surface area contributed by atoms with Crippen molar-refractivity contribution < 1.29 is 19.1 Å². The number of ether oxygens (including phenoxy) is 2. The molecule has 0 bridgehead atoms. The van der Waals surface area contributed by atoms with Gasteiger partial charge in [0.05, 0.1) is 0 Å². The van der Waals surface area contributed by atoms with Crippen molar-refractivity contribution in [2.75, 3.05) is 36.9 Å². The van der Waals surface area contributed by atoms with E-state index in [9.17, 15) is 9.59 Å². The number of carbonyl (C=O) groups is 2. The number of anilines is 2. The van der Waals surface area contributed by atoms with Gasteiger partial charge in [-0.2, -0.15) is 0 Å². The van der Waals surface area contributed by atoms with Gasteiger partial charge in [-0.15, -0.1) is 0 Å². The zero-order chi connectivity index (χ0) is 21.8. The number of nitrogens with zero attached hydrogens (tertiary/aromatic N) is 1. The van der Waals surface area contributed by atoms with Gasteiger partial charge in [0.15, 0.2) is 11.5 Å². The van der Waals surface area contributed by atoms with Crippen LogP contribution in [-0.2, 0) is 4.79 Å². The van der Waals surface area contributed by atoms with Crippen LogP contribution in [0, 0.1) is 18.8 Å². The summed E-state index contributed by atoms with van der Waals surface area (Å²) in [5.74, 6) is 1.44. The van der Waals surface area contributed by atoms with E-state index in [0.29, 0.717) is 43.5 Å². The minimum Gasteiger partial charge on any atom is -0.486 e. The van der Waals surface area contributed by atoms with Crippen molar-refractivity contribution in [2.24, 2.45) is 11.8 Å². The van der Waals surface area contributed by atoms with E-state index in [4.69, 9.17) is 9.47 Å². The molecule has 4 rings (SSSR count). The summed E-state index contributed by atoms with van der Waals surface area (Å²) >= 11 is 0. The molecule has 164 valence electrons. The number of rotatable bonds is 4. The van der Waals surface area contributed by atoms with Gasteiger partial charge < -0.3 is 25.0 Å². The number of hydrogen-bond acceptors (Lipinski definition) is 4. The summed E-state index contributed by atoms with van der Waals surface area (Å²) in [6, 6.07) is 13.1. The van der Waals surface area contributed by atoms with Gasteiger partial charge in [0.2, 0.25) is 5.91 Å². The Kier molecular flexibility index (Phi) is 6.30. The predicted molar refractivity (Wildman–Crippen MR) is 120 cm³/mol. The third-order valence-corrected chi connectivity index (χ3v) is 6.06. The lowest BCUT2D eigenvalue weighted by Gasteiger charge is -2.34. The lowest BCUT2D eigenvalue weighted by atomic mass is 9.85. The molecule has 2 aliphatic heterocycles. The van der Waals surface area contributed by atoms with Gasteiger partial charge in [0, 0.05) is 36.4 Å². The number of benzene rings is 2. The average molecular weight is 424 g/mol. The monoisotopic (exact) mass is 423 g/mol. The molecule has 1 atom stereocenters. The van der Waals surface area contributed by atoms with Gasteiger partial charge in [-0.3, -0.25) is 4.79 Å². The molecule has 2 aromatic rings. The number of piperidine rings is 1. The van der Waals surface area contributed by atoms with Crippen LogP contribution >= 0.6 is 0 Å². The fourth-order valence-electron chi connectivity index (χ4n) is 4.03. The lowest BCUT2D eigenvalue weighted by Crippen LogP contribution is -2.43. The molecular formula is C24H29N3O4. The minimum atomic E-state index is -0.143. The zero-order valence-corrected chi connectivity index (χ0v) is 18.0.